The summed E-state index contributed by atoms with van der Waals surface area (Å²) in [7, 11) is 0. The number of nitrogens with one attached hydrogen (secondary N) is 1. The maximum atomic E-state index is 5.71. The Balaban J connectivity index is 2.01. The van der Waals surface area contributed by atoms with Crippen LogP contribution in [-0.4, -0.2) is 31.8 Å². The number of hydrogen-bond acceptors (Lipinski definition) is 3. The Kier molecular flexibility index (Phi) is 7.01. The molecule has 0 aromatic carbocycles. The second-order valence-electron chi connectivity index (χ2n) is 5.17. The van der Waals surface area contributed by atoms with Gasteiger partial charge in [-0.05, 0) is 44.6 Å². The molecular formula is C13H28N2O. The zero-order chi connectivity index (χ0) is 11.8. The van der Waals surface area contributed by atoms with Crippen molar-refractivity contribution in [1.82, 2.24) is 5.32 Å². The lowest BCUT2D eigenvalue weighted by molar-refractivity contribution is 0.0101. The molecule has 1 fully saturated rings. The third-order valence-electron chi connectivity index (χ3n) is 3.44. The van der Waals surface area contributed by atoms with Gasteiger partial charge in [0.2, 0.25) is 0 Å². The van der Waals surface area contributed by atoms with E-state index in [-0.39, 0.29) is 0 Å². The Bertz CT molecular complexity index is 167. The van der Waals surface area contributed by atoms with Crippen LogP contribution in [0.1, 0.15) is 46.0 Å². The summed E-state index contributed by atoms with van der Waals surface area (Å²) >= 11 is 0. The smallest absolute Gasteiger partial charge is 0.0575 e. The van der Waals surface area contributed by atoms with Crippen LogP contribution < -0.4 is 11.1 Å². The molecule has 0 aliphatic carbocycles. The third-order valence-corrected chi connectivity index (χ3v) is 3.44. The lowest BCUT2D eigenvalue weighted by Crippen LogP contribution is -2.40. The number of ether oxygens (including phenoxy) is 1. The van der Waals surface area contributed by atoms with E-state index in [1.54, 1.807) is 0 Å². The van der Waals surface area contributed by atoms with Gasteiger partial charge in [0.05, 0.1) is 6.10 Å². The van der Waals surface area contributed by atoms with Crippen LogP contribution in [0.15, 0.2) is 0 Å². The minimum Gasteiger partial charge on any atom is -0.378 e. The molecule has 96 valence electrons. The Morgan fingerprint density at radius 2 is 2.19 bits per heavy atom. The fourth-order valence-electron chi connectivity index (χ4n) is 2.24. The molecule has 0 aromatic heterocycles. The average molecular weight is 228 g/mol. The van der Waals surface area contributed by atoms with Gasteiger partial charge in [0.25, 0.3) is 0 Å². The first-order valence-electron chi connectivity index (χ1n) is 6.79. The van der Waals surface area contributed by atoms with E-state index in [2.05, 4.69) is 19.2 Å². The second-order valence-corrected chi connectivity index (χ2v) is 5.17. The highest BCUT2D eigenvalue weighted by molar-refractivity contribution is 4.71. The molecule has 3 N–H and O–H groups in total. The van der Waals surface area contributed by atoms with E-state index < -0.39 is 0 Å². The zero-order valence-corrected chi connectivity index (χ0v) is 10.9. The Labute approximate surface area is 100 Å². The highest BCUT2D eigenvalue weighted by Crippen LogP contribution is 2.16. The highest BCUT2D eigenvalue weighted by Gasteiger charge is 2.14. The van der Waals surface area contributed by atoms with E-state index in [0.717, 1.165) is 19.7 Å². The number of nitrogens with two attached hydrogens (primary N) is 1. The topological polar surface area (TPSA) is 47.3 Å². The van der Waals surface area contributed by atoms with Crippen molar-refractivity contribution >= 4 is 0 Å². The number of hydrogen-bond donors (Lipinski definition) is 2. The average Bonchev–Trinajstić information content (AvgIpc) is 2.30. The molecule has 0 amide bonds. The highest BCUT2D eigenvalue weighted by atomic mass is 16.5. The molecule has 0 aromatic rings. The summed E-state index contributed by atoms with van der Waals surface area (Å²) in [4.78, 5) is 0. The van der Waals surface area contributed by atoms with Crippen molar-refractivity contribution in [3.05, 3.63) is 0 Å². The predicted octanol–water partition coefficient (Wildman–Crippen LogP) is 1.91. The lowest BCUT2D eigenvalue weighted by atomic mass is 10.0. The molecule has 1 aliphatic heterocycles. The van der Waals surface area contributed by atoms with E-state index in [9.17, 15) is 0 Å². The summed E-state index contributed by atoms with van der Waals surface area (Å²) in [5, 5.41) is 3.53. The fraction of sp³-hybridized carbons (Fsp3) is 1.00. The van der Waals surface area contributed by atoms with Crippen molar-refractivity contribution in [3.8, 4) is 0 Å². The normalized spacial score (nSPS) is 23.6. The Morgan fingerprint density at radius 1 is 1.38 bits per heavy atom. The SMILES string of the molecule is CC(C)C(CN)NCCCC1CCCCO1. The first kappa shape index (κ1) is 13.9. The van der Waals surface area contributed by atoms with E-state index in [4.69, 9.17) is 10.5 Å². The molecule has 0 bridgehead atoms. The fourth-order valence-corrected chi connectivity index (χ4v) is 2.24. The van der Waals surface area contributed by atoms with Gasteiger partial charge in [0.1, 0.15) is 0 Å². The Morgan fingerprint density at radius 3 is 2.75 bits per heavy atom. The largest absolute Gasteiger partial charge is 0.378 e. The second kappa shape index (κ2) is 8.04. The van der Waals surface area contributed by atoms with Gasteiger partial charge in [0.15, 0.2) is 0 Å². The molecule has 1 aliphatic rings. The van der Waals surface area contributed by atoms with Crippen LogP contribution in [0.5, 0.6) is 0 Å². The summed E-state index contributed by atoms with van der Waals surface area (Å²) in [5.41, 5.74) is 5.71. The van der Waals surface area contributed by atoms with Crippen LogP contribution in [0.25, 0.3) is 0 Å². The van der Waals surface area contributed by atoms with Crippen LogP contribution >= 0.6 is 0 Å². The summed E-state index contributed by atoms with van der Waals surface area (Å²) in [6.07, 6.45) is 6.76. The summed E-state index contributed by atoms with van der Waals surface area (Å²) in [5.74, 6) is 0.621. The van der Waals surface area contributed by atoms with Gasteiger partial charge in [-0.15, -0.1) is 0 Å². The van der Waals surface area contributed by atoms with E-state index in [1.807, 2.05) is 0 Å². The first-order valence-corrected chi connectivity index (χ1v) is 6.79. The van der Waals surface area contributed by atoms with Crippen molar-refractivity contribution < 1.29 is 4.74 Å². The van der Waals surface area contributed by atoms with Gasteiger partial charge >= 0.3 is 0 Å². The monoisotopic (exact) mass is 228 g/mol. The molecule has 0 saturated carbocycles. The Hall–Kier alpha value is -0.120. The van der Waals surface area contributed by atoms with Crippen LogP contribution in [-0.2, 0) is 4.74 Å². The van der Waals surface area contributed by atoms with Crippen LogP contribution in [0, 0.1) is 5.92 Å². The van der Waals surface area contributed by atoms with Gasteiger partial charge < -0.3 is 15.8 Å². The van der Waals surface area contributed by atoms with Gasteiger partial charge in [-0.3, -0.25) is 0 Å². The van der Waals surface area contributed by atoms with E-state index in [0.29, 0.717) is 18.1 Å². The van der Waals surface area contributed by atoms with Crippen LogP contribution in [0.4, 0.5) is 0 Å². The summed E-state index contributed by atoms with van der Waals surface area (Å²) in [6.45, 7) is 7.20. The maximum absolute atomic E-state index is 5.71. The zero-order valence-electron chi connectivity index (χ0n) is 10.9. The molecular weight excluding hydrogens is 200 g/mol. The van der Waals surface area contributed by atoms with Crippen molar-refractivity contribution in [2.75, 3.05) is 19.7 Å². The molecule has 3 nitrogen and oxygen atoms in total. The van der Waals surface area contributed by atoms with E-state index in [1.165, 1.54) is 32.1 Å². The van der Waals surface area contributed by atoms with Gasteiger partial charge in [-0.2, -0.15) is 0 Å². The van der Waals surface area contributed by atoms with Crippen molar-refractivity contribution in [2.45, 2.75) is 58.1 Å². The number of rotatable bonds is 7. The molecule has 0 radical (unpaired) electrons. The van der Waals surface area contributed by atoms with Gasteiger partial charge in [0, 0.05) is 19.2 Å². The minimum absolute atomic E-state index is 0.465. The molecule has 1 heterocycles. The maximum Gasteiger partial charge on any atom is 0.0575 e. The molecule has 0 spiro atoms. The summed E-state index contributed by atoms with van der Waals surface area (Å²) < 4.78 is 5.71. The van der Waals surface area contributed by atoms with E-state index >= 15 is 0 Å². The predicted molar refractivity (Wildman–Crippen MR) is 68.5 cm³/mol. The molecule has 1 saturated heterocycles. The van der Waals surface area contributed by atoms with Crippen LogP contribution in [0.2, 0.25) is 0 Å². The van der Waals surface area contributed by atoms with Gasteiger partial charge in [-0.25, -0.2) is 0 Å². The first-order chi connectivity index (χ1) is 7.74. The van der Waals surface area contributed by atoms with Crippen molar-refractivity contribution in [2.24, 2.45) is 11.7 Å². The van der Waals surface area contributed by atoms with Crippen LogP contribution in [0.3, 0.4) is 0 Å². The lowest BCUT2D eigenvalue weighted by Gasteiger charge is -2.24. The summed E-state index contributed by atoms with van der Waals surface area (Å²) in [6, 6.07) is 0.465. The standard InChI is InChI=1S/C13H28N2O/c1-11(2)13(10-14)15-8-5-7-12-6-3-4-9-16-12/h11-13,15H,3-10,14H2,1-2H3. The minimum atomic E-state index is 0.465. The van der Waals surface area contributed by atoms with Gasteiger partial charge in [-0.1, -0.05) is 13.8 Å². The molecule has 2 unspecified atom stereocenters. The molecule has 2 atom stereocenters. The molecule has 16 heavy (non-hydrogen) atoms. The van der Waals surface area contributed by atoms with Crippen molar-refractivity contribution in [3.63, 3.8) is 0 Å². The van der Waals surface area contributed by atoms with Crippen molar-refractivity contribution in [1.29, 1.82) is 0 Å². The third kappa shape index (κ3) is 5.28. The molecule has 1 rings (SSSR count). The quantitative estimate of drug-likeness (QED) is 0.654. The molecule has 3 heteroatoms.